The molecule has 0 radical (unpaired) electrons. The van der Waals surface area contributed by atoms with Crippen LogP contribution in [0.3, 0.4) is 0 Å². The van der Waals surface area contributed by atoms with Crippen LogP contribution in [-0.4, -0.2) is 73.2 Å². The molecule has 1 atom stereocenters. The Hall–Kier alpha value is -1.50. The second-order valence-corrected chi connectivity index (χ2v) is 6.74. The van der Waals surface area contributed by atoms with Crippen molar-refractivity contribution in [2.75, 3.05) is 46.4 Å². The number of carbonyl (C=O) groups is 1. The van der Waals surface area contributed by atoms with Crippen LogP contribution in [0.15, 0.2) is 24.5 Å². The van der Waals surface area contributed by atoms with E-state index in [2.05, 4.69) is 32.2 Å². The average Bonchev–Trinajstić information content (AvgIpc) is 2.85. The average molecular weight is 332 g/mol. The van der Waals surface area contributed by atoms with Crippen LogP contribution in [-0.2, 0) is 16.1 Å². The maximum absolute atomic E-state index is 12.3. The Balaban J connectivity index is 1.68. The van der Waals surface area contributed by atoms with Crippen molar-refractivity contribution in [1.82, 2.24) is 20.1 Å². The van der Waals surface area contributed by atoms with Crippen molar-refractivity contribution < 1.29 is 9.53 Å². The molecule has 2 saturated heterocycles. The molecule has 2 aliphatic heterocycles. The fourth-order valence-corrected chi connectivity index (χ4v) is 3.75. The lowest BCUT2D eigenvalue weighted by molar-refractivity contribution is -0.125. The number of ether oxygens (including phenoxy) is 1. The molecule has 1 aromatic rings. The van der Waals surface area contributed by atoms with E-state index >= 15 is 0 Å². The van der Waals surface area contributed by atoms with Crippen LogP contribution >= 0.6 is 0 Å². The lowest BCUT2D eigenvalue weighted by Crippen LogP contribution is -2.45. The number of nitrogens with zero attached hydrogens (tertiary/aromatic N) is 3. The number of rotatable bonds is 4. The molecule has 2 fully saturated rings. The zero-order chi connectivity index (χ0) is 16.8. The molecule has 6 nitrogen and oxygen atoms in total. The molecule has 24 heavy (non-hydrogen) atoms. The standard InChI is InChI=1S/C18H28N4O2/c1-19-18(23)16-13-21(12-15-2-6-20-7-3-15)8-9-22(14-16)17-4-10-24-11-5-17/h2-3,6-7,16-17H,4-5,8-14H2,1H3,(H,19,23). The van der Waals surface area contributed by atoms with Gasteiger partial charge in [-0.3, -0.25) is 19.6 Å². The first kappa shape index (κ1) is 17.3. The predicted molar refractivity (Wildman–Crippen MR) is 92.5 cm³/mol. The van der Waals surface area contributed by atoms with Crippen molar-refractivity contribution in [2.45, 2.75) is 25.4 Å². The summed E-state index contributed by atoms with van der Waals surface area (Å²) in [5.74, 6) is 0.163. The van der Waals surface area contributed by atoms with Crippen molar-refractivity contribution in [3.8, 4) is 0 Å². The van der Waals surface area contributed by atoms with Crippen molar-refractivity contribution in [3.63, 3.8) is 0 Å². The minimum Gasteiger partial charge on any atom is -0.381 e. The van der Waals surface area contributed by atoms with Gasteiger partial charge in [0.1, 0.15) is 0 Å². The van der Waals surface area contributed by atoms with E-state index in [1.54, 1.807) is 7.05 Å². The fraction of sp³-hybridized carbons (Fsp3) is 0.667. The van der Waals surface area contributed by atoms with Gasteiger partial charge in [-0.05, 0) is 30.5 Å². The molecular formula is C18H28N4O2. The van der Waals surface area contributed by atoms with Gasteiger partial charge in [0.05, 0.1) is 5.92 Å². The molecule has 0 spiro atoms. The third-order valence-electron chi connectivity index (χ3n) is 5.12. The molecule has 0 aliphatic carbocycles. The van der Waals surface area contributed by atoms with E-state index in [4.69, 9.17) is 4.74 Å². The van der Waals surface area contributed by atoms with Gasteiger partial charge in [-0.1, -0.05) is 0 Å². The van der Waals surface area contributed by atoms with Gasteiger partial charge in [0, 0.05) is 71.4 Å². The van der Waals surface area contributed by atoms with Crippen molar-refractivity contribution in [2.24, 2.45) is 5.92 Å². The normalized spacial score (nSPS) is 24.5. The van der Waals surface area contributed by atoms with E-state index in [0.29, 0.717) is 6.04 Å². The maximum atomic E-state index is 12.3. The molecule has 0 saturated carbocycles. The lowest BCUT2D eigenvalue weighted by Gasteiger charge is -2.34. The summed E-state index contributed by atoms with van der Waals surface area (Å²) in [6, 6.07) is 4.65. The lowest BCUT2D eigenvalue weighted by atomic mass is 10.0. The number of amides is 1. The zero-order valence-electron chi connectivity index (χ0n) is 14.5. The first-order valence-corrected chi connectivity index (χ1v) is 8.91. The Morgan fingerprint density at radius 3 is 2.71 bits per heavy atom. The van der Waals surface area contributed by atoms with Crippen LogP contribution in [0.25, 0.3) is 0 Å². The fourth-order valence-electron chi connectivity index (χ4n) is 3.75. The van der Waals surface area contributed by atoms with Crippen LogP contribution in [0.1, 0.15) is 18.4 Å². The summed E-state index contributed by atoms with van der Waals surface area (Å²) in [6.45, 7) is 6.21. The summed E-state index contributed by atoms with van der Waals surface area (Å²) in [4.78, 5) is 21.3. The van der Waals surface area contributed by atoms with Crippen molar-refractivity contribution in [1.29, 1.82) is 0 Å². The number of pyridine rings is 1. The molecule has 1 aromatic heterocycles. The Kier molecular flexibility index (Phi) is 6.18. The van der Waals surface area contributed by atoms with Gasteiger partial charge in [-0.2, -0.15) is 0 Å². The van der Waals surface area contributed by atoms with E-state index in [1.165, 1.54) is 5.56 Å². The maximum Gasteiger partial charge on any atom is 0.225 e. The van der Waals surface area contributed by atoms with E-state index in [1.807, 2.05) is 12.4 Å². The van der Waals surface area contributed by atoms with Crippen LogP contribution in [0.5, 0.6) is 0 Å². The first-order valence-electron chi connectivity index (χ1n) is 8.91. The van der Waals surface area contributed by atoms with Crippen LogP contribution < -0.4 is 5.32 Å². The molecule has 3 rings (SSSR count). The van der Waals surface area contributed by atoms with Gasteiger partial charge in [-0.25, -0.2) is 0 Å². The third kappa shape index (κ3) is 4.53. The summed E-state index contributed by atoms with van der Waals surface area (Å²) < 4.78 is 5.50. The third-order valence-corrected chi connectivity index (χ3v) is 5.12. The summed E-state index contributed by atoms with van der Waals surface area (Å²) in [6.07, 6.45) is 5.81. The Morgan fingerprint density at radius 2 is 2.00 bits per heavy atom. The highest BCUT2D eigenvalue weighted by molar-refractivity contribution is 5.78. The molecule has 0 bridgehead atoms. The Morgan fingerprint density at radius 1 is 1.25 bits per heavy atom. The molecule has 6 heteroatoms. The van der Waals surface area contributed by atoms with E-state index in [-0.39, 0.29) is 11.8 Å². The van der Waals surface area contributed by atoms with E-state index in [0.717, 1.165) is 58.8 Å². The van der Waals surface area contributed by atoms with Crippen LogP contribution in [0.4, 0.5) is 0 Å². The molecule has 3 heterocycles. The van der Waals surface area contributed by atoms with E-state index in [9.17, 15) is 4.79 Å². The molecule has 1 amide bonds. The number of nitrogens with one attached hydrogen (secondary N) is 1. The summed E-state index contributed by atoms with van der Waals surface area (Å²) in [7, 11) is 1.74. The number of carbonyl (C=O) groups excluding carboxylic acids is 1. The Bertz CT molecular complexity index is 519. The minimum atomic E-state index is 0.0159. The summed E-state index contributed by atoms with van der Waals surface area (Å²) in [5.41, 5.74) is 1.25. The molecule has 0 aromatic carbocycles. The number of hydrogen-bond acceptors (Lipinski definition) is 5. The Labute approximate surface area is 144 Å². The van der Waals surface area contributed by atoms with Gasteiger partial charge in [0.25, 0.3) is 0 Å². The van der Waals surface area contributed by atoms with Gasteiger partial charge >= 0.3 is 0 Å². The SMILES string of the molecule is CNC(=O)C1CN(Cc2ccncc2)CCN(C2CCOCC2)C1. The second-order valence-electron chi connectivity index (χ2n) is 6.74. The highest BCUT2D eigenvalue weighted by Gasteiger charge is 2.31. The van der Waals surface area contributed by atoms with Gasteiger partial charge in [0.15, 0.2) is 0 Å². The van der Waals surface area contributed by atoms with Gasteiger partial charge < -0.3 is 10.1 Å². The number of aromatic nitrogens is 1. The van der Waals surface area contributed by atoms with Crippen LogP contribution in [0.2, 0.25) is 0 Å². The van der Waals surface area contributed by atoms with Crippen LogP contribution in [0, 0.1) is 5.92 Å². The summed E-state index contributed by atoms with van der Waals surface area (Å²) in [5, 5.41) is 2.84. The highest BCUT2D eigenvalue weighted by atomic mass is 16.5. The molecular weight excluding hydrogens is 304 g/mol. The van der Waals surface area contributed by atoms with E-state index < -0.39 is 0 Å². The van der Waals surface area contributed by atoms with Crippen molar-refractivity contribution in [3.05, 3.63) is 30.1 Å². The van der Waals surface area contributed by atoms with Crippen molar-refractivity contribution >= 4 is 5.91 Å². The first-order chi connectivity index (χ1) is 11.8. The predicted octanol–water partition coefficient (Wildman–Crippen LogP) is 0.740. The topological polar surface area (TPSA) is 57.7 Å². The largest absolute Gasteiger partial charge is 0.381 e. The number of hydrogen-bond donors (Lipinski definition) is 1. The molecule has 1 unspecified atom stereocenters. The smallest absolute Gasteiger partial charge is 0.225 e. The second kappa shape index (κ2) is 8.55. The molecule has 132 valence electrons. The highest BCUT2D eigenvalue weighted by Crippen LogP contribution is 2.20. The molecule has 2 aliphatic rings. The monoisotopic (exact) mass is 332 g/mol. The minimum absolute atomic E-state index is 0.0159. The quantitative estimate of drug-likeness (QED) is 0.881. The molecule has 1 N–H and O–H groups in total. The van der Waals surface area contributed by atoms with Gasteiger partial charge in [0.2, 0.25) is 5.91 Å². The zero-order valence-corrected chi connectivity index (χ0v) is 14.5. The summed E-state index contributed by atoms with van der Waals surface area (Å²) >= 11 is 0. The van der Waals surface area contributed by atoms with Gasteiger partial charge in [-0.15, -0.1) is 0 Å².